The van der Waals surface area contributed by atoms with Gasteiger partial charge < -0.3 is 5.32 Å². The van der Waals surface area contributed by atoms with Crippen LogP contribution in [0.3, 0.4) is 0 Å². The van der Waals surface area contributed by atoms with Crippen LogP contribution in [-0.2, 0) is 0 Å². The number of nitrogens with one attached hydrogen (secondary N) is 1. The zero-order valence-electron chi connectivity index (χ0n) is 8.26. The molecule has 0 spiro atoms. The molecule has 1 N–H and O–H groups in total. The fourth-order valence-electron chi connectivity index (χ4n) is 2.20. The second kappa shape index (κ2) is 3.23. The van der Waals surface area contributed by atoms with Gasteiger partial charge in [0.25, 0.3) is 0 Å². The van der Waals surface area contributed by atoms with Gasteiger partial charge in [-0.15, -0.1) is 0 Å². The summed E-state index contributed by atoms with van der Waals surface area (Å²) in [6.45, 7) is 2.16. The summed E-state index contributed by atoms with van der Waals surface area (Å²) in [4.78, 5) is 4.16. The highest BCUT2D eigenvalue weighted by molar-refractivity contribution is 6.29. The monoisotopic (exact) mass is 218 g/mol. The maximum atomic E-state index is 5.79. The van der Waals surface area contributed by atoms with Crippen LogP contribution >= 0.6 is 11.6 Å². The van der Waals surface area contributed by atoms with Crippen LogP contribution in [0.5, 0.6) is 0 Å². The van der Waals surface area contributed by atoms with Crippen molar-refractivity contribution < 1.29 is 0 Å². The van der Waals surface area contributed by atoms with E-state index in [4.69, 9.17) is 11.6 Å². The molecule has 3 heteroatoms. The summed E-state index contributed by atoms with van der Waals surface area (Å²) in [5, 5.41) is 3.87. The predicted octanol–water partition coefficient (Wildman–Crippen LogP) is 1.70. The minimum atomic E-state index is 0.254. The molecular formula is C12H11ClN2. The molecule has 2 heterocycles. The molecule has 0 bridgehead atoms. The molecule has 15 heavy (non-hydrogen) atoms. The number of fused-ring (bicyclic) bond motifs is 1. The third-order valence-corrected chi connectivity index (χ3v) is 3.43. The zero-order valence-corrected chi connectivity index (χ0v) is 9.01. The van der Waals surface area contributed by atoms with E-state index in [9.17, 15) is 0 Å². The molecule has 1 saturated carbocycles. The highest BCUT2D eigenvalue weighted by Crippen LogP contribution is 2.54. The number of rotatable bonds is 0. The number of aromatic nitrogens is 1. The van der Waals surface area contributed by atoms with Crippen molar-refractivity contribution in [1.82, 2.24) is 10.3 Å². The van der Waals surface area contributed by atoms with Gasteiger partial charge in [-0.2, -0.15) is 0 Å². The van der Waals surface area contributed by atoms with E-state index in [1.54, 1.807) is 6.07 Å². The molecule has 2 unspecified atom stereocenters. The van der Waals surface area contributed by atoms with Crippen molar-refractivity contribution in [1.29, 1.82) is 0 Å². The first kappa shape index (κ1) is 9.21. The maximum absolute atomic E-state index is 5.79. The lowest BCUT2D eigenvalue weighted by molar-refractivity contribution is 0.666. The summed E-state index contributed by atoms with van der Waals surface area (Å²) in [7, 11) is 0. The van der Waals surface area contributed by atoms with Crippen LogP contribution in [0.2, 0.25) is 5.15 Å². The van der Waals surface area contributed by atoms with Crippen molar-refractivity contribution in [2.45, 2.75) is 6.42 Å². The molecule has 2 fully saturated rings. The SMILES string of the molecule is Clc1cccc(C#CC23CNCC2C3)n1. The number of nitrogens with zero attached hydrogens (tertiary/aromatic N) is 1. The van der Waals surface area contributed by atoms with Gasteiger partial charge in [0, 0.05) is 12.0 Å². The summed E-state index contributed by atoms with van der Waals surface area (Å²) >= 11 is 5.79. The van der Waals surface area contributed by atoms with E-state index in [1.165, 1.54) is 6.42 Å². The molecule has 2 nitrogen and oxygen atoms in total. The van der Waals surface area contributed by atoms with Crippen LogP contribution in [0.25, 0.3) is 0 Å². The number of piperidine rings is 1. The Kier molecular flexibility index (Phi) is 1.98. The van der Waals surface area contributed by atoms with Crippen molar-refractivity contribution in [3.8, 4) is 11.8 Å². The third kappa shape index (κ3) is 1.62. The standard InChI is InChI=1S/C12H11ClN2/c13-11-3-1-2-10(15-11)4-5-12-6-9(12)7-14-8-12/h1-3,9,14H,6-8H2. The second-order valence-corrected chi connectivity index (χ2v) is 4.67. The minimum absolute atomic E-state index is 0.254. The Morgan fingerprint density at radius 2 is 2.47 bits per heavy atom. The zero-order chi connectivity index (χ0) is 10.3. The van der Waals surface area contributed by atoms with E-state index in [2.05, 4.69) is 22.1 Å². The van der Waals surface area contributed by atoms with Gasteiger partial charge in [0.05, 0.1) is 0 Å². The van der Waals surface area contributed by atoms with Crippen molar-refractivity contribution in [2.24, 2.45) is 11.3 Å². The van der Waals surface area contributed by atoms with E-state index >= 15 is 0 Å². The Morgan fingerprint density at radius 3 is 3.13 bits per heavy atom. The van der Waals surface area contributed by atoms with Gasteiger partial charge in [0.2, 0.25) is 0 Å². The highest BCUT2D eigenvalue weighted by atomic mass is 35.5. The minimum Gasteiger partial charge on any atom is -0.315 e. The average Bonchev–Trinajstić information content (AvgIpc) is 2.79. The first-order valence-electron chi connectivity index (χ1n) is 5.15. The fraction of sp³-hybridized carbons (Fsp3) is 0.417. The van der Waals surface area contributed by atoms with Crippen LogP contribution in [0.1, 0.15) is 12.1 Å². The van der Waals surface area contributed by atoms with Gasteiger partial charge >= 0.3 is 0 Å². The lowest BCUT2D eigenvalue weighted by atomic mass is 10.1. The van der Waals surface area contributed by atoms with E-state index in [-0.39, 0.29) is 5.41 Å². The Hall–Kier alpha value is -1.04. The summed E-state index contributed by atoms with van der Waals surface area (Å²) < 4.78 is 0. The fourth-order valence-corrected chi connectivity index (χ4v) is 2.36. The molecule has 1 aliphatic carbocycles. The summed E-state index contributed by atoms with van der Waals surface area (Å²) in [6.07, 6.45) is 1.24. The summed E-state index contributed by atoms with van der Waals surface area (Å²) in [5.74, 6) is 7.23. The second-order valence-electron chi connectivity index (χ2n) is 4.28. The van der Waals surface area contributed by atoms with Crippen LogP contribution in [0, 0.1) is 23.2 Å². The maximum Gasteiger partial charge on any atom is 0.130 e. The smallest absolute Gasteiger partial charge is 0.130 e. The average molecular weight is 219 g/mol. The van der Waals surface area contributed by atoms with Crippen molar-refractivity contribution in [3.63, 3.8) is 0 Å². The molecule has 0 amide bonds. The largest absolute Gasteiger partial charge is 0.315 e. The molecule has 2 aliphatic rings. The Bertz CT molecular complexity index is 460. The van der Waals surface area contributed by atoms with Gasteiger partial charge in [-0.05, 0) is 36.9 Å². The van der Waals surface area contributed by atoms with Gasteiger partial charge in [0.15, 0.2) is 0 Å². The van der Waals surface area contributed by atoms with Crippen LogP contribution in [0.4, 0.5) is 0 Å². The van der Waals surface area contributed by atoms with Crippen LogP contribution in [0.15, 0.2) is 18.2 Å². The van der Waals surface area contributed by atoms with Gasteiger partial charge in [-0.25, -0.2) is 4.98 Å². The molecule has 0 aromatic carbocycles. The van der Waals surface area contributed by atoms with Crippen LogP contribution < -0.4 is 5.32 Å². The normalized spacial score (nSPS) is 31.7. The molecule has 76 valence electrons. The molecule has 2 atom stereocenters. The lowest BCUT2D eigenvalue weighted by Crippen LogP contribution is -2.14. The number of hydrogen-bond acceptors (Lipinski definition) is 2. The Balaban J connectivity index is 1.83. The molecular weight excluding hydrogens is 208 g/mol. The van der Waals surface area contributed by atoms with Crippen LogP contribution in [-0.4, -0.2) is 18.1 Å². The lowest BCUT2D eigenvalue weighted by Gasteiger charge is -1.99. The highest BCUT2D eigenvalue weighted by Gasteiger charge is 2.56. The van der Waals surface area contributed by atoms with Crippen molar-refractivity contribution in [3.05, 3.63) is 29.0 Å². The van der Waals surface area contributed by atoms with Gasteiger partial charge in [-0.3, -0.25) is 0 Å². The van der Waals surface area contributed by atoms with Gasteiger partial charge in [-0.1, -0.05) is 23.6 Å². The number of halogens is 1. The van der Waals surface area contributed by atoms with Crippen molar-refractivity contribution >= 4 is 11.6 Å². The summed E-state index contributed by atoms with van der Waals surface area (Å²) in [5.41, 5.74) is 1.03. The van der Waals surface area contributed by atoms with Gasteiger partial charge in [0.1, 0.15) is 10.8 Å². The van der Waals surface area contributed by atoms with E-state index < -0.39 is 0 Å². The first-order valence-corrected chi connectivity index (χ1v) is 5.53. The van der Waals surface area contributed by atoms with E-state index in [0.29, 0.717) is 5.15 Å². The molecule has 1 saturated heterocycles. The quantitative estimate of drug-likeness (QED) is 0.530. The molecule has 1 aromatic heterocycles. The number of pyridine rings is 1. The molecule has 3 rings (SSSR count). The third-order valence-electron chi connectivity index (χ3n) is 3.22. The summed E-state index contributed by atoms with van der Waals surface area (Å²) in [6, 6.07) is 5.55. The van der Waals surface area contributed by atoms with E-state index in [1.807, 2.05) is 12.1 Å². The Morgan fingerprint density at radius 1 is 1.53 bits per heavy atom. The molecule has 1 aromatic rings. The first-order chi connectivity index (χ1) is 7.28. The Labute approximate surface area is 94.0 Å². The predicted molar refractivity (Wildman–Crippen MR) is 59.5 cm³/mol. The number of hydrogen-bond donors (Lipinski definition) is 1. The molecule has 0 radical (unpaired) electrons. The molecule has 1 aliphatic heterocycles. The van der Waals surface area contributed by atoms with Crippen molar-refractivity contribution in [2.75, 3.05) is 13.1 Å². The van der Waals surface area contributed by atoms with E-state index in [0.717, 1.165) is 24.7 Å². The topological polar surface area (TPSA) is 24.9 Å².